The fourth-order valence-corrected chi connectivity index (χ4v) is 1.88. The van der Waals surface area contributed by atoms with Crippen molar-refractivity contribution in [2.45, 2.75) is 33.4 Å². The number of pyridine rings is 1. The highest BCUT2D eigenvalue weighted by atomic mass is 16.5. The molecule has 0 spiro atoms. The Bertz CT molecular complexity index is 486. The molecule has 0 saturated heterocycles. The Balaban J connectivity index is 3.37. The SMILES string of the molecule is COC(=O)C(C)(C)[C@H](N)c1c(CO)cnc(C)c1O. The third kappa shape index (κ3) is 2.69. The normalized spacial score (nSPS) is 13.2. The van der Waals surface area contributed by atoms with Gasteiger partial charge in [-0.25, -0.2) is 0 Å². The maximum atomic E-state index is 11.8. The molecule has 6 nitrogen and oxygen atoms in total. The Morgan fingerprint density at radius 3 is 2.63 bits per heavy atom. The van der Waals surface area contributed by atoms with Crippen molar-refractivity contribution in [2.75, 3.05) is 7.11 Å². The molecule has 1 heterocycles. The summed E-state index contributed by atoms with van der Waals surface area (Å²) in [5, 5.41) is 19.4. The number of aliphatic hydroxyl groups excluding tert-OH is 1. The number of hydrogen-bond donors (Lipinski definition) is 3. The number of nitrogens with zero attached hydrogens (tertiary/aromatic N) is 1. The number of carbonyl (C=O) groups is 1. The van der Waals surface area contributed by atoms with Gasteiger partial charge in [-0.15, -0.1) is 0 Å². The van der Waals surface area contributed by atoms with Gasteiger partial charge >= 0.3 is 5.97 Å². The van der Waals surface area contributed by atoms with Crippen LogP contribution in [-0.2, 0) is 16.1 Å². The van der Waals surface area contributed by atoms with Crippen molar-refractivity contribution in [3.05, 3.63) is 23.0 Å². The standard InChI is InChI=1S/C13H20N2O4/c1-7-10(17)9(8(6-16)5-15-7)11(14)13(2,3)12(18)19-4/h5,11,16-17H,6,14H2,1-4H3/t11-/m1/s1. The molecular weight excluding hydrogens is 248 g/mol. The average Bonchev–Trinajstić information content (AvgIpc) is 2.39. The van der Waals surface area contributed by atoms with E-state index in [2.05, 4.69) is 4.98 Å². The minimum atomic E-state index is -1.04. The van der Waals surface area contributed by atoms with Gasteiger partial charge in [-0.1, -0.05) is 0 Å². The van der Waals surface area contributed by atoms with Crippen LogP contribution in [0.3, 0.4) is 0 Å². The van der Waals surface area contributed by atoms with Crippen LogP contribution in [0.15, 0.2) is 6.20 Å². The van der Waals surface area contributed by atoms with Crippen molar-refractivity contribution in [1.82, 2.24) is 4.98 Å². The number of esters is 1. The van der Waals surface area contributed by atoms with E-state index in [0.29, 0.717) is 16.8 Å². The molecule has 4 N–H and O–H groups in total. The molecule has 19 heavy (non-hydrogen) atoms. The van der Waals surface area contributed by atoms with Crippen LogP contribution in [0.5, 0.6) is 5.75 Å². The van der Waals surface area contributed by atoms with E-state index in [0.717, 1.165) is 0 Å². The van der Waals surface area contributed by atoms with E-state index in [-0.39, 0.29) is 12.4 Å². The quantitative estimate of drug-likeness (QED) is 0.697. The summed E-state index contributed by atoms with van der Waals surface area (Å²) in [6.07, 6.45) is 1.44. The summed E-state index contributed by atoms with van der Waals surface area (Å²) in [5.41, 5.74) is 6.17. The highest BCUT2D eigenvalue weighted by molar-refractivity contribution is 5.77. The van der Waals surface area contributed by atoms with Crippen molar-refractivity contribution >= 4 is 5.97 Å². The van der Waals surface area contributed by atoms with Crippen LogP contribution in [-0.4, -0.2) is 28.3 Å². The lowest BCUT2D eigenvalue weighted by Crippen LogP contribution is -2.38. The Labute approximate surface area is 112 Å². The van der Waals surface area contributed by atoms with Gasteiger partial charge < -0.3 is 20.7 Å². The van der Waals surface area contributed by atoms with Crippen LogP contribution in [0.4, 0.5) is 0 Å². The molecule has 1 rings (SSSR count). The zero-order valence-electron chi connectivity index (χ0n) is 11.6. The van der Waals surface area contributed by atoms with Gasteiger partial charge in [0.05, 0.1) is 24.8 Å². The molecule has 1 aromatic rings. The zero-order chi connectivity index (χ0) is 14.8. The summed E-state index contributed by atoms with van der Waals surface area (Å²) < 4.78 is 4.72. The van der Waals surface area contributed by atoms with E-state index >= 15 is 0 Å². The van der Waals surface area contributed by atoms with Gasteiger partial charge in [-0.05, 0) is 20.8 Å². The predicted octanol–water partition coefficient (Wildman–Crippen LogP) is 0.787. The zero-order valence-corrected chi connectivity index (χ0v) is 11.6. The third-order valence-corrected chi connectivity index (χ3v) is 3.33. The molecule has 0 bridgehead atoms. The Kier molecular flexibility index (Phi) is 4.49. The number of aryl methyl sites for hydroxylation is 1. The Hall–Kier alpha value is -1.66. The summed E-state index contributed by atoms with van der Waals surface area (Å²) in [7, 11) is 1.28. The summed E-state index contributed by atoms with van der Waals surface area (Å²) in [4.78, 5) is 15.7. The van der Waals surface area contributed by atoms with E-state index in [1.807, 2.05) is 0 Å². The van der Waals surface area contributed by atoms with Crippen molar-refractivity contribution in [3.63, 3.8) is 0 Å². The number of aromatic hydroxyl groups is 1. The first-order valence-electron chi connectivity index (χ1n) is 5.89. The highest BCUT2D eigenvalue weighted by Crippen LogP contribution is 2.39. The second kappa shape index (κ2) is 5.54. The van der Waals surface area contributed by atoms with Crippen molar-refractivity contribution in [1.29, 1.82) is 0 Å². The lowest BCUT2D eigenvalue weighted by Gasteiger charge is -2.30. The lowest BCUT2D eigenvalue weighted by molar-refractivity contribution is -0.152. The maximum absolute atomic E-state index is 11.8. The van der Waals surface area contributed by atoms with Crippen LogP contribution in [0.1, 0.15) is 36.7 Å². The molecule has 6 heteroatoms. The molecule has 106 valence electrons. The van der Waals surface area contributed by atoms with Gasteiger partial charge in [0.25, 0.3) is 0 Å². The second-order valence-corrected chi connectivity index (χ2v) is 4.98. The minimum absolute atomic E-state index is 0.101. The van der Waals surface area contributed by atoms with Crippen molar-refractivity contribution in [2.24, 2.45) is 11.1 Å². The van der Waals surface area contributed by atoms with E-state index in [9.17, 15) is 15.0 Å². The lowest BCUT2D eigenvalue weighted by atomic mass is 9.79. The van der Waals surface area contributed by atoms with E-state index in [4.69, 9.17) is 10.5 Å². The number of nitrogens with two attached hydrogens (primary N) is 1. The maximum Gasteiger partial charge on any atom is 0.313 e. The number of carbonyl (C=O) groups excluding carboxylic acids is 1. The first-order chi connectivity index (χ1) is 8.77. The molecular formula is C13H20N2O4. The average molecular weight is 268 g/mol. The second-order valence-electron chi connectivity index (χ2n) is 4.98. The van der Waals surface area contributed by atoms with E-state index in [1.165, 1.54) is 13.3 Å². The van der Waals surface area contributed by atoms with Gasteiger partial charge in [-0.3, -0.25) is 9.78 Å². The summed E-state index contributed by atoms with van der Waals surface area (Å²) in [6, 6.07) is -0.816. The molecule has 0 radical (unpaired) electrons. The van der Waals surface area contributed by atoms with Crippen LogP contribution in [0, 0.1) is 12.3 Å². The molecule has 0 aromatic carbocycles. The molecule has 0 amide bonds. The van der Waals surface area contributed by atoms with Crippen LogP contribution in [0.2, 0.25) is 0 Å². The van der Waals surface area contributed by atoms with Crippen LogP contribution in [0.25, 0.3) is 0 Å². The summed E-state index contributed by atoms with van der Waals surface area (Å²) in [5.74, 6) is -0.589. The summed E-state index contributed by atoms with van der Waals surface area (Å²) in [6.45, 7) is 4.55. The number of ether oxygens (including phenoxy) is 1. The monoisotopic (exact) mass is 268 g/mol. The molecule has 0 aliphatic rings. The molecule has 0 unspecified atom stereocenters. The fourth-order valence-electron chi connectivity index (χ4n) is 1.88. The largest absolute Gasteiger partial charge is 0.506 e. The number of hydrogen-bond acceptors (Lipinski definition) is 6. The van der Waals surface area contributed by atoms with E-state index in [1.54, 1.807) is 20.8 Å². The minimum Gasteiger partial charge on any atom is -0.506 e. The number of methoxy groups -OCH3 is 1. The number of aromatic nitrogens is 1. The van der Waals surface area contributed by atoms with Gasteiger partial charge in [0.15, 0.2) is 0 Å². The summed E-state index contributed by atoms with van der Waals surface area (Å²) >= 11 is 0. The molecule has 0 fully saturated rings. The highest BCUT2D eigenvalue weighted by Gasteiger charge is 2.39. The molecule has 0 saturated carbocycles. The first-order valence-corrected chi connectivity index (χ1v) is 5.89. The van der Waals surface area contributed by atoms with Crippen molar-refractivity contribution in [3.8, 4) is 5.75 Å². The molecule has 1 aromatic heterocycles. The van der Waals surface area contributed by atoms with Crippen LogP contribution >= 0.6 is 0 Å². The van der Waals surface area contributed by atoms with E-state index < -0.39 is 17.4 Å². The smallest absolute Gasteiger partial charge is 0.313 e. The molecule has 1 atom stereocenters. The molecule has 0 aliphatic heterocycles. The number of aliphatic hydroxyl groups is 1. The molecule has 0 aliphatic carbocycles. The topological polar surface area (TPSA) is 106 Å². The van der Waals surface area contributed by atoms with Crippen LogP contribution < -0.4 is 5.73 Å². The predicted molar refractivity (Wildman–Crippen MR) is 69.3 cm³/mol. The van der Waals surface area contributed by atoms with Gasteiger partial charge in [0.1, 0.15) is 5.75 Å². The fraction of sp³-hybridized carbons (Fsp3) is 0.538. The Morgan fingerprint density at radius 1 is 1.58 bits per heavy atom. The van der Waals surface area contributed by atoms with Gasteiger partial charge in [0.2, 0.25) is 0 Å². The van der Waals surface area contributed by atoms with Crippen molar-refractivity contribution < 1.29 is 19.7 Å². The first kappa shape index (κ1) is 15.4. The Morgan fingerprint density at radius 2 is 2.16 bits per heavy atom. The third-order valence-electron chi connectivity index (χ3n) is 3.33. The van der Waals surface area contributed by atoms with Gasteiger partial charge in [-0.2, -0.15) is 0 Å². The van der Waals surface area contributed by atoms with Gasteiger partial charge in [0, 0.05) is 23.4 Å². The number of rotatable bonds is 4.